The first-order valence-electron chi connectivity index (χ1n) is 10.2. The van der Waals surface area contributed by atoms with Crippen LogP contribution in [0.15, 0.2) is 18.2 Å². The topological polar surface area (TPSA) is 84.7 Å². The summed E-state index contributed by atoms with van der Waals surface area (Å²) in [5, 5.41) is 14.5. The lowest BCUT2D eigenvalue weighted by atomic mass is 9.69. The summed E-state index contributed by atoms with van der Waals surface area (Å²) in [6, 6.07) is 4.69. The van der Waals surface area contributed by atoms with Gasteiger partial charge in [-0.15, -0.1) is 0 Å². The van der Waals surface area contributed by atoms with Gasteiger partial charge in [0.2, 0.25) is 0 Å². The fraction of sp³-hybridized carbons (Fsp3) is 0.667. The van der Waals surface area contributed by atoms with E-state index in [9.17, 15) is 14.9 Å². The van der Waals surface area contributed by atoms with Crippen molar-refractivity contribution < 1.29 is 14.5 Å². The van der Waals surface area contributed by atoms with Crippen LogP contribution in [0.3, 0.4) is 0 Å². The Morgan fingerprint density at radius 3 is 2.57 bits per heavy atom. The number of carbonyl (C=O) groups excluding carboxylic acids is 1. The summed E-state index contributed by atoms with van der Waals surface area (Å²) in [4.78, 5) is 26.2. The van der Waals surface area contributed by atoms with Crippen LogP contribution in [-0.2, 0) is 4.74 Å². The van der Waals surface area contributed by atoms with Gasteiger partial charge >= 0.3 is 0 Å². The van der Waals surface area contributed by atoms with E-state index in [2.05, 4.69) is 31.0 Å². The normalized spacial score (nSPS) is 31.0. The van der Waals surface area contributed by atoms with Crippen molar-refractivity contribution in [1.82, 2.24) is 5.32 Å². The molecule has 7 nitrogen and oxygen atoms in total. The van der Waals surface area contributed by atoms with E-state index < -0.39 is 4.92 Å². The summed E-state index contributed by atoms with van der Waals surface area (Å²) in [7, 11) is 0. The summed E-state index contributed by atoms with van der Waals surface area (Å²) >= 11 is 0. The van der Waals surface area contributed by atoms with E-state index in [-0.39, 0.29) is 28.5 Å². The molecule has 3 aliphatic rings. The summed E-state index contributed by atoms with van der Waals surface area (Å²) < 4.78 is 5.41. The van der Waals surface area contributed by atoms with Gasteiger partial charge in [-0.3, -0.25) is 14.9 Å². The molecule has 1 heterocycles. The standard InChI is InChI=1S/C21H29N3O4/c1-20(2)14-6-7-21(20,3)18(12-14)22-19(25)16-13-15(24(26)27)4-5-17(16)23-8-10-28-11-9-23/h4-5,13-14,18H,6-12H2,1-3H3,(H,22,25). The van der Waals surface area contributed by atoms with Crippen LogP contribution >= 0.6 is 0 Å². The quantitative estimate of drug-likeness (QED) is 0.632. The number of carbonyl (C=O) groups is 1. The highest BCUT2D eigenvalue weighted by Crippen LogP contribution is 2.65. The summed E-state index contributed by atoms with van der Waals surface area (Å²) in [6.07, 6.45) is 3.31. The van der Waals surface area contributed by atoms with Gasteiger partial charge in [0.15, 0.2) is 0 Å². The number of nitro groups is 1. The highest BCUT2D eigenvalue weighted by Gasteiger charge is 2.61. The molecule has 152 valence electrons. The molecule has 1 N–H and O–H groups in total. The van der Waals surface area contributed by atoms with Crippen LogP contribution in [0.2, 0.25) is 0 Å². The number of rotatable bonds is 4. The molecule has 0 radical (unpaired) electrons. The fourth-order valence-electron chi connectivity index (χ4n) is 5.56. The lowest BCUT2D eigenvalue weighted by molar-refractivity contribution is -0.384. The zero-order valence-corrected chi connectivity index (χ0v) is 16.9. The maximum Gasteiger partial charge on any atom is 0.270 e. The molecule has 2 saturated carbocycles. The van der Waals surface area contributed by atoms with Crippen molar-refractivity contribution in [2.45, 2.75) is 46.1 Å². The van der Waals surface area contributed by atoms with Gasteiger partial charge in [-0.2, -0.15) is 0 Å². The molecule has 28 heavy (non-hydrogen) atoms. The number of morpholine rings is 1. The third-order valence-electron chi connectivity index (χ3n) is 7.89. The Morgan fingerprint density at radius 2 is 2.00 bits per heavy atom. The Labute approximate surface area is 165 Å². The summed E-state index contributed by atoms with van der Waals surface area (Å²) in [5.41, 5.74) is 1.34. The average Bonchev–Trinajstić information content (AvgIpc) is 3.01. The minimum Gasteiger partial charge on any atom is -0.378 e. The van der Waals surface area contributed by atoms with Crippen LogP contribution in [0.25, 0.3) is 0 Å². The molecular formula is C21H29N3O4. The Bertz CT molecular complexity index is 803. The first-order valence-corrected chi connectivity index (χ1v) is 10.2. The van der Waals surface area contributed by atoms with E-state index in [0.717, 1.165) is 18.5 Å². The maximum atomic E-state index is 13.3. The molecule has 0 aromatic heterocycles. The van der Waals surface area contributed by atoms with Crippen LogP contribution in [0.5, 0.6) is 0 Å². The van der Waals surface area contributed by atoms with Crippen molar-refractivity contribution in [1.29, 1.82) is 0 Å². The lowest BCUT2D eigenvalue weighted by Gasteiger charge is -2.39. The Morgan fingerprint density at radius 1 is 1.29 bits per heavy atom. The SMILES string of the molecule is CC1(C)C2CCC1(C)C(NC(=O)c1cc([N+](=O)[O-])ccc1N1CCOCC1)C2. The fourth-order valence-corrected chi connectivity index (χ4v) is 5.56. The highest BCUT2D eigenvalue weighted by atomic mass is 16.6. The van der Waals surface area contributed by atoms with Crippen LogP contribution in [-0.4, -0.2) is 43.2 Å². The van der Waals surface area contributed by atoms with Gasteiger partial charge in [-0.05, 0) is 42.1 Å². The molecule has 1 saturated heterocycles. The van der Waals surface area contributed by atoms with Gasteiger partial charge in [-0.1, -0.05) is 20.8 Å². The minimum atomic E-state index is -0.443. The third kappa shape index (κ3) is 2.87. The van der Waals surface area contributed by atoms with Gasteiger partial charge in [0.25, 0.3) is 11.6 Å². The molecule has 4 rings (SSSR count). The van der Waals surface area contributed by atoms with Crippen LogP contribution in [0, 0.1) is 26.9 Å². The number of hydrogen-bond acceptors (Lipinski definition) is 5. The molecule has 1 amide bonds. The second-order valence-corrected chi connectivity index (χ2v) is 9.19. The number of nitro benzene ring substituents is 1. The Kier molecular flexibility index (Phi) is 4.61. The Hall–Kier alpha value is -2.15. The maximum absolute atomic E-state index is 13.3. The van der Waals surface area contributed by atoms with Gasteiger partial charge in [0.1, 0.15) is 0 Å². The smallest absolute Gasteiger partial charge is 0.270 e. The Balaban J connectivity index is 1.63. The van der Waals surface area contributed by atoms with E-state index in [1.54, 1.807) is 6.07 Å². The second kappa shape index (κ2) is 6.72. The van der Waals surface area contributed by atoms with Gasteiger partial charge in [-0.25, -0.2) is 0 Å². The number of fused-ring (bicyclic) bond motifs is 2. The van der Waals surface area contributed by atoms with E-state index in [1.165, 1.54) is 18.6 Å². The first kappa shape index (κ1) is 19.2. The minimum absolute atomic E-state index is 0.0540. The van der Waals surface area contributed by atoms with Crippen LogP contribution in [0.4, 0.5) is 11.4 Å². The van der Waals surface area contributed by atoms with E-state index in [0.29, 0.717) is 37.8 Å². The molecule has 3 atom stereocenters. The first-order chi connectivity index (χ1) is 13.2. The number of amides is 1. The molecule has 1 aromatic carbocycles. The molecule has 1 aliphatic heterocycles. The van der Waals surface area contributed by atoms with Gasteiger partial charge in [0, 0.05) is 31.3 Å². The van der Waals surface area contributed by atoms with Gasteiger partial charge < -0.3 is 15.0 Å². The van der Waals surface area contributed by atoms with Crippen LogP contribution < -0.4 is 10.2 Å². The second-order valence-electron chi connectivity index (χ2n) is 9.19. The molecular weight excluding hydrogens is 358 g/mol. The summed E-state index contributed by atoms with van der Waals surface area (Å²) in [5.74, 6) is 0.409. The van der Waals surface area contributed by atoms with E-state index in [1.807, 2.05) is 0 Å². The number of benzene rings is 1. The predicted octanol–water partition coefficient (Wildman–Crippen LogP) is 3.38. The molecule has 7 heteroatoms. The number of non-ortho nitro benzene ring substituents is 1. The lowest BCUT2D eigenvalue weighted by Crippen LogP contribution is -2.47. The van der Waals surface area contributed by atoms with Gasteiger partial charge in [0.05, 0.1) is 29.4 Å². The van der Waals surface area contributed by atoms with Crippen molar-refractivity contribution in [3.05, 3.63) is 33.9 Å². The molecule has 1 aromatic rings. The number of hydrogen-bond donors (Lipinski definition) is 1. The third-order valence-corrected chi connectivity index (χ3v) is 7.89. The van der Waals surface area contributed by atoms with Crippen molar-refractivity contribution in [2.75, 3.05) is 31.2 Å². The number of nitrogens with one attached hydrogen (secondary N) is 1. The number of ether oxygens (including phenoxy) is 1. The predicted molar refractivity (Wildman–Crippen MR) is 107 cm³/mol. The highest BCUT2D eigenvalue weighted by molar-refractivity contribution is 6.00. The van der Waals surface area contributed by atoms with Crippen LogP contribution in [0.1, 0.15) is 50.4 Å². The monoisotopic (exact) mass is 387 g/mol. The van der Waals surface area contributed by atoms with Crippen molar-refractivity contribution >= 4 is 17.3 Å². The van der Waals surface area contributed by atoms with E-state index in [4.69, 9.17) is 4.74 Å². The molecule has 2 aliphatic carbocycles. The summed E-state index contributed by atoms with van der Waals surface area (Å²) in [6.45, 7) is 9.43. The number of anilines is 1. The van der Waals surface area contributed by atoms with Crippen molar-refractivity contribution in [3.8, 4) is 0 Å². The zero-order chi connectivity index (χ0) is 20.1. The largest absolute Gasteiger partial charge is 0.378 e. The molecule has 3 unspecified atom stereocenters. The zero-order valence-electron chi connectivity index (χ0n) is 16.9. The number of nitrogens with zero attached hydrogens (tertiary/aromatic N) is 2. The molecule has 3 fully saturated rings. The molecule has 2 bridgehead atoms. The van der Waals surface area contributed by atoms with E-state index >= 15 is 0 Å². The average molecular weight is 387 g/mol. The van der Waals surface area contributed by atoms with Crippen molar-refractivity contribution in [3.63, 3.8) is 0 Å². The molecule has 0 spiro atoms. The van der Waals surface area contributed by atoms with Crippen molar-refractivity contribution in [2.24, 2.45) is 16.7 Å².